The highest BCUT2D eigenvalue weighted by molar-refractivity contribution is 4.97. The van der Waals surface area contributed by atoms with Crippen molar-refractivity contribution in [2.24, 2.45) is 5.92 Å². The molecule has 0 amide bonds. The van der Waals surface area contributed by atoms with Gasteiger partial charge in [0.2, 0.25) is 0 Å². The zero-order valence-corrected chi connectivity index (χ0v) is 9.50. The number of imidazole rings is 1. The largest absolute Gasteiger partial charge is 0.347 e. The molecule has 1 aromatic rings. The van der Waals surface area contributed by atoms with Gasteiger partial charge in [-0.05, 0) is 25.3 Å². The van der Waals surface area contributed by atoms with E-state index in [1.165, 1.54) is 32.1 Å². The molecular weight excluding hydrogens is 186 g/mol. The minimum atomic E-state index is 0.435. The zero-order chi connectivity index (χ0) is 10.5. The van der Waals surface area contributed by atoms with Gasteiger partial charge in [0.05, 0.1) is 6.04 Å². The molecule has 0 radical (unpaired) electrons. The van der Waals surface area contributed by atoms with E-state index in [9.17, 15) is 0 Å². The van der Waals surface area contributed by atoms with Crippen LogP contribution in [-0.2, 0) is 0 Å². The summed E-state index contributed by atoms with van der Waals surface area (Å²) in [6.45, 7) is 3.29. The summed E-state index contributed by atoms with van der Waals surface area (Å²) >= 11 is 0. The lowest BCUT2D eigenvalue weighted by atomic mass is 9.80. The Balaban J connectivity index is 1.89. The molecule has 1 atom stereocenters. The first-order chi connectivity index (χ1) is 7.40. The number of H-pyrrole nitrogens is 1. The van der Waals surface area contributed by atoms with Crippen LogP contribution in [0.25, 0.3) is 0 Å². The second-order valence-electron chi connectivity index (χ2n) is 4.51. The Hall–Kier alpha value is -0.830. The van der Waals surface area contributed by atoms with Crippen molar-refractivity contribution in [2.45, 2.75) is 45.1 Å². The predicted octanol–water partition coefficient (Wildman–Crippen LogP) is 2.64. The molecule has 1 unspecified atom stereocenters. The topological polar surface area (TPSA) is 40.7 Å². The fourth-order valence-corrected chi connectivity index (χ4v) is 2.14. The van der Waals surface area contributed by atoms with E-state index in [2.05, 4.69) is 22.2 Å². The van der Waals surface area contributed by atoms with Crippen molar-refractivity contribution in [2.75, 3.05) is 6.54 Å². The van der Waals surface area contributed by atoms with E-state index in [-0.39, 0.29) is 0 Å². The monoisotopic (exact) mass is 207 g/mol. The van der Waals surface area contributed by atoms with E-state index in [1.807, 2.05) is 12.4 Å². The van der Waals surface area contributed by atoms with Gasteiger partial charge in [-0.1, -0.05) is 26.2 Å². The quantitative estimate of drug-likeness (QED) is 0.753. The van der Waals surface area contributed by atoms with E-state index in [0.29, 0.717) is 6.04 Å². The third kappa shape index (κ3) is 2.81. The molecule has 1 fully saturated rings. The lowest BCUT2D eigenvalue weighted by Gasteiger charge is -2.29. The first-order valence-corrected chi connectivity index (χ1v) is 6.12. The number of nitrogens with zero attached hydrogens (tertiary/aromatic N) is 1. The molecule has 0 saturated heterocycles. The highest BCUT2D eigenvalue weighted by atomic mass is 15.0. The maximum absolute atomic E-state index is 4.36. The normalized spacial score (nSPS) is 18.7. The van der Waals surface area contributed by atoms with Crippen LogP contribution in [0.5, 0.6) is 0 Å². The van der Waals surface area contributed by atoms with Gasteiger partial charge in [0.25, 0.3) is 0 Å². The van der Waals surface area contributed by atoms with Crippen LogP contribution in [-0.4, -0.2) is 16.5 Å². The SMILES string of the molecule is CCCNC(CC1CCC1)c1ncc[nH]1. The molecule has 0 spiro atoms. The Kier molecular flexibility index (Phi) is 3.78. The molecule has 2 N–H and O–H groups in total. The highest BCUT2D eigenvalue weighted by Gasteiger charge is 2.23. The Morgan fingerprint density at radius 1 is 1.60 bits per heavy atom. The molecule has 1 aliphatic carbocycles. The lowest BCUT2D eigenvalue weighted by molar-refractivity contribution is 0.257. The minimum absolute atomic E-state index is 0.435. The van der Waals surface area contributed by atoms with Gasteiger partial charge in [0.15, 0.2) is 0 Å². The lowest BCUT2D eigenvalue weighted by Crippen LogP contribution is -2.27. The van der Waals surface area contributed by atoms with E-state index >= 15 is 0 Å². The summed E-state index contributed by atoms with van der Waals surface area (Å²) in [6, 6.07) is 0.435. The van der Waals surface area contributed by atoms with Gasteiger partial charge in [-0.2, -0.15) is 0 Å². The summed E-state index contributed by atoms with van der Waals surface area (Å²) in [5.74, 6) is 2.03. The smallest absolute Gasteiger partial charge is 0.123 e. The Morgan fingerprint density at radius 3 is 3.00 bits per heavy atom. The molecule has 0 aromatic carbocycles. The van der Waals surface area contributed by atoms with Crippen molar-refractivity contribution in [1.82, 2.24) is 15.3 Å². The molecule has 2 rings (SSSR count). The molecule has 3 nitrogen and oxygen atoms in total. The van der Waals surface area contributed by atoms with Crippen LogP contribution in [0.15, 0.2) is 12.4 Å². The molecule has 3 heteroatoms. The van der Waals surface area contributed by atoms with Gasteiger partial charge < -0.3 is 10.3 Å². The predicted molar refractivity (Wildman–Crippen MR) is 61.6 cm³/mol. The average molecular weight is 207 g/mol. The van der Waals surface area contributed by atoms with Crippen molar-refractivity contribution in [1.29, 1.82) is 0 Å². The number of hydrogen-bond donors (Lipinski definition) is 2. The molecule has 1 aliphatic rings. The van der Waals surface area contributed by atoms with E-state index < -0.39 is 0 Å². The van der Waals surface area contributed by atoms with Crippen LogP contribution in [0.3, 0.4) is 0 Å². The van der Waals surface area contributed by atoms with Gasteiger partial charge >= 0.3 is 0 Å². The summed E-state index contributed by atoms with van der Waals surface area (Å²) < 4.78 is 0. The first kappa shape index (κ1) is 10.7. The molecule has 84 valence electrons. The third-order valence-electron chi connectivity index (χ3n) is 3.28. The van der Waals surface area contributed by atoms with E-state index in [1.54, 1.807) is 0 Å². The number of nitrogens with one attached hydrogen (secondary N) is 2. The number of aromatic nitrogens is 2. The summed E-state index contributed by atoms with van der Waals surface area (Å²) in [7, 11) is 0. The van der Waals surface area contributed by atoms with Crippen LogP contribution in [0.2, 0.25) is 0 Å². The van der Waals surface area contributed by atoms with Crippen molar-refractivity contribution < 1.29 is 0 Å². The number of rotatable bonds is 6. The molecule has 1 saturated carbocycles. The Labute approximate surface area is 91.7 Å². The Bertz CT molecular complexity index is 264. The van der Waals surface area contributed by atoms with Gasteiger partial charge in [0.1, 0.15) is 5.82 Å². The van der Waals surface area contributed by atoms with Crippen LogP contribution in [0.4, 0.5) is 0 Å². The third-order valence-corrected chi connectivity index (χ3v) is 3.28. The van der Waals surface area contributed by atoms with Crippen molar-refractivity contribution in [3.8, 4) is 0 Å². The van der Waals surface area contributed by atoms with E-state index in [0.717, 1.165) is 18.3 Å². The number of aromatic amines is 1. The molecule has 15 heavy (non-hydrogen) atoms. The molecule has 0 bridgehead atoms. The van der Waals surface area contributed by atoms with Crippen LogP contribution in [0, 0.1) is 5.92 Å². The van der Waals surface area contributed by atoms with E-state index in [4.69, 9.17) is 0 Å². The zero-order valence-electron chi connectivity index (χ0n) is 9.50. The highest BCUT2D eigenvalue weighted by Crippen LogP contribution is 2.33. The molecule has 1 heterocycles. The standard InChI is InChI=1S/C12H21N3/c1-2-6-13-11(9-10-4-3-5-10)12-14-7-8-15-12/h7-8,10-11,13H,2-6,9H2,1H3,(H,14,15). The number of hydrogen-bond acceptors (Lipinski definition) is 2. The van der Waals surface area contributed by atoms with Gasteiger partial charge in [-0.15, -0.1) is 0 Å². The van der Waals surface area contributed by atoms with Crippen LogP contribution < -0.4 is 5.32 Å². The van der Waals surface area contributed by atoms with Crippen LogP contribution in [0.1, 0.15) is 50.9 Å². The van der Waals surface area contributed by atoms with Gasteiger partial charge in [0, 0.05) is 12.4 Å². The van der Waals surface area contributed by atoms with Crippen LogP contribution >= 0.6 is 0 Å². The minimum Gasteiger partial charge on any atom is -0.347 e. The summed E-state index contributed by atoms with van der Waals surface area (Å²) in [4.78, 5) is 7.59. The van der Waals surface area contributed by atoms with Crippen molar-refractivity contribution in [3.05, 3.63) is 18.2 Å². The molecular formula is C12H21N3. The summed E-state index contributed by atoms with van der Waals surface area (Å²) in [5.41, 5.74) is 0. The fraction of sp³-hybridized carbons (Fsp3) is 0.750. The van der Waals surface area contributed by atoms with Gasteiger partial charge in [-0.3, -0.25) is 0 Å². The second kappa shape index (κ2) is 5.31. The molecule has 1 aromatic heterocycles. The maximum atomic E-state index is 4.36. The maximum Gasteiger partial charge on any atom is 0.123 e. The van der Waals surface area contributed by atoms with Crippen molar-refractivity contribution in [3.63, 3.8) is 0 Å². The van der Waals surface area contributed by atoms with Gasteiger partial charge in [-0.25, -0.2) is 4.98 Å². The summed E-state index contributed by atoms with van der Waals surface area (Å²) in [5, 5.41) is 3.58. The summed E-state index contributed by atoms with van der Waals surface area (Å²) in [6.07, 6.45) is 10.4. The van der Waals surface area contributed by atoms with Crippen molar-refractivity contribution >= 4 is 0 Å². The average Bonchev–Trinajstić information content (AvgIpc) is 2.68. The molecule has 0 aliphatic heterocycles. The Morgan fingerprint density at radius 2 is 2.47 bits per heavy atom. The second-order valence-corrected chi connectivity index (χ2v) is 4.51. The fourth-order valence-electron chi connectivity index (χ4n) is 2.14. The first-order valence-electron chi connectivity index (χ1n) is 6.12.